The number of carboxylic acids is 1. The number of carbonyl (C=O) groups is 3. The van der Waals surface area contributed by atoms with Crippen molar-refractivity contribution < 1.29 is 19.5 Å². The lowest BCUT2D eigenvalue weighted by atomic mass is 10.4. The number of nitrogens with one attached hydrogen (secondary N) is 1. The Bertz CT molecular complexity index is 489. The highest BCUT2D eigenvalue weighted by Gasteiger charge is 2.16. The SMILES string of the molecule is CC(=O)N(C)CC(=O)Nc1nccnc1C(=O)O. The van der Waals surface area contributed by atoms with Gasteiger partial charge in [0.1, 0.15) is 0 Å². The maximum absolute atomic E-state index is 11.5. The van der Waals surface area contributed by atoms with Crippen LogP contribution in [-0.2, 0) is 9.59 Å². The fraction of sp³-hybridized carbons (Fsp3) is 0.300. The first-order valence-electron chi connectivity index (χ1n) is 4.97. The summed E-state index contributed by atoms with van der Waals surface area (Å²) in [5.41, 5.74) is -0.351. The molecule has 0 radical (unpaired) electrons. The van der Waals surface area contributed by atoms with Crippen molar-refractivity contribution in [3.05, 3.63) is 18.1 Å². The quantitative estimate of drug-likeness (QED) is 0.753. The zero-order valence-corrected chi connectivity index (χ0v) is 9.88. The van der Waals surface area contributed by atoms with Crippen LogP contribution in [0.4, 0.5) is 5.82 Å². The number of likely N-dealkylation sites (N-methyl/N-ethyl adjacent to an activating group) is 1. The van der Waals surface area contributed by atoms with E-state index in [9.17, 15) is 14.4 Å². The van der Waals surface area contributed by atoms with Crippen LogP contribution in [0.25, 0.3) is 0 Å². The van der Waals surface area contributed by atoms with Gasteiger partial charge in [0.15, 0.2) is 11.5 Å². The molecule has 0 aliphatic carbocycles. The van der Waals surface area contributed by atoms with Gasteiger partial charge in [-0.05, 0) is 0 Å². The second-order valence-corrected chi connectivity index (χ2v) is 3.48. The molecule has 0 atom stereocenters. The van der Waals surface area contributed by atoms with E-state index in [4.69, 9.17) is 5.11 Å². The second-order valence-electron chi connectivity index (χ2n) is 3.48. The van der Waals surface area contributed by atoms with Crippen molar-refractivity contribution in [3.8, 4) is 0 Å². The molecule has 0 aromatic carbocycles. The Morgan fingerprint density at radius 2 is 1.94 bits per heavy atom. The molecule has 0 aliphatic rings. The van der Waals surface area contributed by atoms with Crippen LogP contribution < -0.4 is 5.32 Å². The van der Waals surface area contributed by atoms with Crippen molar-refractivity contribution in [2.45, 2.75) is 6.92 Å². The minimum atomic E-state index is -1.29. The van der Waals surface area contributed by atoms with Crippen molar-refractivity contribution in [1.29, 1.82) is 0 Å². The molecule has 18 heavy (non-hydrogen) atoms. The van der Waals surface area contributed by atoms with Gasteiger partial charge in [-0.15, -0.1) is 0 Å². The topological polar surface area (TPSA) is 112 Å². The van der Waals surface area contributed by atoms with Crippen LogP contribution >= 0.6 is 0 Å². The largest absolute Gasteiger partial charge is 0.476 e. The van der Waals surface area contributed by atoms with Crippen molar-refractivity contribution in [1.82, 2.24) is 14.9 Å². The summed E-state index contributed by atoms with van der Waals surface area (Å²) in [6, 6.07) is 0. The number of anilines is 1. The van der Waals surface area contributed by atoms with Gasteiger partial charge >= 0.3 is 5.97 Å². The number of aromatic carboxylic acids is 1. The molecule has 96 valence electrons. The number of hydrogen-bond acceptors (Lipinski definition) is 5. The van der Waals surface area contributed by atoms with Crippen LogP contribution in [0.5, 0.6) is 0 Å². The van der Waals surface area contributed by atoms with Crippen molar-refractivity contribution in [2.24, 2.45) is 0 Å². The van der Waals surface area contributed by atoms with Gasteiger partial charge in [-0.1, -0.05) is 0 Å². The summed E-state index contributed by atoms with van der Waals surface area (Å²) in [6.45, 7) is 1.13. The molecule has 2 N–H and O–H groups in total. The molecule has 1 aromatic heterocycles. The molecule has 0 spiro atoms. The van der Waals surface area contributed by atoms with Gasteiger partial charge in [0.05, 0.1) is 6.54 Å². The van der Waals surface area contributed by atoms with Crippen LogP contribution in [0.3, 0.4) is 0 Å². The van der Waals surface area contributed by atoms with Crippen LogP contribution in [0, 0.1) is 0 Å². The Morgan fingerprint density at radius 1 is 1.33 bits per heavy atom. The molecule has 0 fully saturated rings. The maximum Gasteiger partial charge on any atom is 0.358 e. The molecule has 1 heterocycles. The van der Waals surface area contributed by atoms with Crippen molar-refractivity contribution in [2.75, 3.05) is 18.9 Å². The van der Waals surface area contributed by atoms with Crippen LogP contribution in [0.2, 0.25) is 0 Å². The van der Waals surface area contributed by atoms with Gasteiger partial charge in [0, 0.05) is 26.4 Å². The van der Waals surface area contributed by atoms with Gasteiger partial charge in [0.25, 0.3) is 0 Å². The van der Waals surface area contributed by atoms with E-state index in [1.807, 2.05) is 0 Å². The zero-order valence-electron chi connectivity index (χ0n) is 9.88. The van der Waals surface area contributed by atoms with Crippen LogP contribution in [0.1, 0.15) is 17.4 Å². The first-order valence-corrected chi connectivity index (χ1v) is 4.97. The van der Waals surface area contributed by atoms with E-state index in [0.717, 1.165) is 0 Å². The van der Waals surface area contributed by atoms with E-state index in [0.29, 0.717) is 0 Å². The van der Waals surface area contributed by atoms with Crippen molar-refractivity contribution >= 4 is 23.6 Å². The third kappa shape index (κ3) is 3.51. The molecule has 1 aromatic rings. The maximum atomic E-state index is 11.5. The average Bonchev–Trinajstić information content (AvgIpc) is 2.28. The molecule has 8 heteroatoms. The summed E-state index contributed by atoms with van der Waals surface area (Å²) in [5, 5.41) is 11.1. The predicted molar refractivity (Wildman–Crippen MR) is 60.9 cm³/mol. The monoisotopic (exact) mass is 252 g/mol. The van der Waals surface area contributed by atoms with Crippen molar-refractivity contribution in [3.63, 3.8) is 0 Å². The summed E-state index contributed by atoms with van der Waals surface area (Å²) in [4.78, 5) is 41.8. The summed E-state index contributed by atoms with van der Waals surface area (Å²) >= 11 is 0. The van der Waals surface area contributed by atoms with E-state index in [1.54, 1.807) is 0 Å². The summed E-state index contributed by atoms with van der Waals surface area (Å²) in [6.07, 6.45) is 2.47. The standard InChI is InChI=1S/C10H12N4O4/c1-6(15)14(2)5-7(16)13-9-8(10(17)18)11-3-4-12-9/h3-4H,5H2,1-2H3,(H,17,18)(H,12,13,16). The van der Waals surface area contributed by atoms with E-state index in [-0.39, 0.29) is 24.0 Å². The average molecular weight is 252 g/mol. The lowest BCUT2D eigenvalue weighted by Crippen LogP contribution is -2.33. The third-order valence-electron chi connectivity index (χ3n) is 2.08. The highest BCUT2D eigenvalue weighted by atomic mass is 16.4. The fourth-order valence-electron chi connectivity index (χ4n) is 1.08. The second kappa shape index (κ2) is 5.71. The molecule has 0 aliphatic heterocycles. The molecule has 0 unspecified atom stereocenters. The molecule has 0 saturated heterocycles. The zero-order chi connectivity index (χ0) is 13.7. The van der Waals surface area contributed by atoms with E-state index in [1.165, 1.54) is 31.3 Å². The number of hydrogen-bond donors (Lipinski definition) is 2. The molecular weight excluding hydrogens is 240 g/mol. The third-order valence-corrected chi connectivity index (χ3v) is 2.08. The Kier molecular flexibility index (Phi) is 4.30. The molecule has 1 rings (SSSR count). The minimum Gasteiger partial charge on any atom is -0.476 e. The fourth-order valence-corrected chi connectivity index (χ4v) is 1.08. The molecular formula is C10H12N4O4. The van der Waals surface area contributed by atoms with Crippen LogP contribution in [0.15, 0.2) is 12.4 Å². The Hall–Kier alpha value is -2.51. The predicted octanol–water partition coefficient (Wildman–Crippen LogP) is -0.408. The number of rotatable bonds is 4. The summed E-state index contributed by atoms with van der Waals surface area (Å²) < 4.78 is 0. The Morgan fingerprint density at radius 3 is 2.50 bits per heavy atom. The molecule has 2 amide bonds. The smallest absolute Gasteiger partial charge is 0.358 e. The van der Waals surface area contributed by atoms with Gasteiger partial charge in [-0.2, -0.15) is 0 Å². The van der Waals surface area contributed by atoms with Gasteiger partial charge < -0.3 is 15.3 Å². The van der Waals surface area contributed by atoms with E-state index >= 15 is 0 Å². The van der Waals surface area contributed by atoms with E-state index in [2.05, 4.69) is 15.3 Å². The molecule has 0 bridgehead atoms. The molecule has 0 saturated carbocycles. The van der Waals surface area contributed by atoms with Gasteiger partial charge in [-0.25, -0.2) is 14.8 Å². The number of carbonyl (C=O) groups excluding carboxylic acids is 2. The Labute approximate surface area is 103 Å². The number of amides is 2. The lowest BCUT2D eigenvalue weighted by Gasteiger charge is -2.14. The first-order chi connectivity index (χ1) is 8.41. The highest BCUT2D eigenvalue weighted by molar-refractivity contribution is 5.99. The molecule has 8 nitrogen and oxygen atoms in total. The summed E-state index contributed by atoms with van der Waals surface area (Å²) in [7, 11) is 1.46. The number of aromatic nitrogens is 2. The Balaban J connectivity index is 2.76. The lowest BCUT2D eigenvalue weighted by molar-refractivity contribution is -0.131. The normalized spacial score (nSPS) is 9.67. The van der Waals surface area contributed by atoms with Gasteiger partial charge in [-0.3, -0.25) is 9.59 Å². The van der Waals surface area contributed by atoms with Gasteiger partial charge in [0.2, 0.25) is 11.8 Å². The minimum absolute atomic E-state index is 0.146. The first kappa shape index (κ1) is 13.6. The number of nitrogens with zero attached hydrogens (tertiary/aromatic N) is 3. The number of carboxylic acid groups (broad SMARTS) is 1. The van der Waals surface area contributed by atoms with E-state index < -0.39 is 11.9 Å². The highest BCUT2D eigenvalue weighted by Crippen LogP contribution is 2.07. The summed E-state index contributed by atoms with van der Waals surface area (Å²) in [5.74, 6) is -2.26. The van der Waals surface area contributed by atoms with Crippen LogP contribution in [-0.4, -0.2) is 51.4 Å².